The zero-order valence-corrected chi connectivity index (χ0v) is 18.8. The van der Waals surface area contributed by atoms with Gasteiger partial charge in [0.15, 0.2) is 11.0 Å². The van der Waals surface area contributed by atoms with Gasteiger partial charge in [0.2, 0.25) is 5.91 Å². The fourth-order valence-electron chi connectivity index (χ4n) is 3.79. The Kier molecular flexibility index (Phi) is 6.46. The van der Waals surface area contributed by atoms with Gasteiger partial charge in [-0.25, -0.2) is 0 Å². The van der Waals surface area contributed by atoms with Gasteiger partial charge < -0.3 is 19.4 Å². The third-order valence-electron chi connectivity index (χ3n) is 5.45. The largest absolute Gasteiger partial charge is 0.497 e. The maximum atomic E-state index is 12.5. The first-order valence-electron chi connectivity index (χ1n) is 10.3. The van der Waals surface area contributed by atoms with Crippen molar-refractivity contribution >= 4 is 23.4 Å². The Hall–Kier alpha value is -3.00. The van der Waals surface area contributed by atoms with E-state index in [-0.39, 0.29) is 11.7 Å². The summed E-state index contributed by atoms with van der Waals surface area (Å²) in [5.41, 5.74) is 4.48. The van der Waals surface area contributed by atoms with Crippen molar-refractivity contribution in [2.24, 2.45) is 7.05 Å². The van der Waals surface area contributed by atoms with Crippen LogP contribution in [0.5, 0.6) is 11.5 Å². The van der Waals surface area contributed by atoms with Crippen LogP contribution in [0.2, 0.25) is 0 Å². The first-order valence-corrected chi connectivity index (χ1v) is 11.2. The number of nitrogens with one attached hydrogen (secondary N) is 1. The standard InChI is InChI=1S/C23H26N4O3S/c1-27-22(17-9-8-15-6-4-5-7-16(15)12-17)25-26-23(27)31-14-21(28)24-19-13-18(29-2)10-11-20(19)30-3/h8-13H,4-7,14H2,1-3H3,(H,24,28). The number of thioether (sulfide) groups is 1. The molecule has 1 heterocycles. The molecule has 31 heavy (non-hydrogen) atoms. The van der Waals surface area contributed by atoms with Crippen molar-refractivity contribution in [1.29, 1.82) is 0 Å². The molecule has 0 unspecified atom stereocenters. The molecule has 3 aromatic rings. The van der Waals surface area contributed by atoms with Crippen molar-refractivity contribution in [3.05, 3.63) is 47.5 Å². The van der Waals surface area contributed by atoms with Crippen LogP contribution in [0.25, 0.3) is 11.4 Å². The second-order valence-electron chi connectivity index (χ2n) is 7.46. The molecular formula is C23H26N4O3S. The van der Waals surface area contributed by atoms with Crippen LogP contribution in [0.1, 0.15) is 24.0 Å². The molecule has 0 radical (unpaired) electrons. The topological polar surface area (TPSA) is 78.3 Å². The highest BCUT2D eigenvalue weighted by Gasteiger charge is 2.16. The number of carbonyl (C=O) groups excluding carboxylic acids is 1. The maximum absolute atomic E-state index is 12.5. The van der Waals surface area contributed by atoms with Crippen molar-refractivity contribution < 1.29 is 14.3 Å². The molecule has 1 aliphatic carbocycles. The summed E-state index contributed by atoms with van der Waals surface area (Å²) in [5, 5.41) is 12.2. The highest BCUT2D eigenvalue weighted by molar-refractivity contribution is 7.99. The van der Waals surface area contributed by atoms with Crippen LogP contribution < -0.4 is 14.8 Å². The summed E-state index contributed by atoms with van der Waals surface area (Å²) in [4.78, 5) is 12.5. The van der Waals surface area contributed by atoms with Crippen LogP contribution in [0, 0.1) is 0 Å². The number of nitrogens with zero attached hydrogens (tertiary/aromatic N) is 3. The van der Waals surface area contributed by atoms with Gasteiger partial charge in [-0.05, 0) is 55.0 Å². The molecule has 0 bridgehead atoms. The van der Waals surface area contributed by atoms with E-state index >= 15 is 0 Å². The molecule has 1 N–H and O–H groups in total. The second kappa shape index (κ2) is 9.43. The number of ether oxygens (including phenoxy) is 2. The van der Waals surface area contributed by atoms with E-state index in [1.54, 1.807) is 32.4 Å². The average molecular weight is 439 g/mol. The first kappa shape index (κ1) is 21.2. The predicted molar refractivity (Wildman–Crippen MR) is 122 cm³/mol. The quantitative estimate of drug-likeness (QED) is 0.560. The fraction of sp³-hybridized carbons (Fsp3) is 0.348. The Morgan fingerprint density at radius 2 is 1.87 bits per heavy atom. The zero-order chi connectivity index (χ0) is 21.8. The molecule has 2 aromatic carbocycles. The van der Waals surface area contributed by atoms with Crippen molar-refractivity contribution in [3.63, 3.8) is 0 Å². The third-order valence-corrected chi connectivity index (χ3v) is 6.47. The van der Waals surface area contributed by atoms with Crippen LogP contribution in [-0.4, -0.2) is 40.6 Å². The van der Waals surface area contributed by atoms with E-state index < -0.39 is 0 Å². The van der Waals surface area contributed by atoms with Gasteiger partial charge in [-0.2, -0.15) is 0 Å². The SMILES string of the molecule is COc1ccc(OC)c(NC(=O)CSc2nnc(-c3ccc4c(c3)CCCC4)n2C)c1. The van der Waals surface area contributed by atoms with E-state index in [0.717, 1.165) is 24.2 Å². The van der Waals surface area contributed by atoms with E-state index in [9.17, 15) is 4.79 Å². The molecule has 4 rings (SSSR count). The van der Waals surface area contributed by atoms with E-state index in [1.807, 2.05) is 11.6 Å². The minimum Gasteiger partial charge on any atom is -0.497 e. The summed E-state index contributed by atoms with van der Waals surface area (Å²) in [5.74, 6) is 2.08. The predicted octanol–water partition coefficient (Wildman–Crippen LogP) is 4.11. The number of methoxy groups -OCH3 is 2. The molecule has 7 nitrogen and oxygen atoms in total. The second-order valence-corrected chi connectivity index (χ2v) is 8.40. The van der Waals surface area contributed by atoms with Crippen LogP contribution >= 0.6 is 11.8 Å². The van der Waals surface area contributed by atoms with Gasteiger partial charge in [0, 0.05) is 18.7 Å². The number of anilines is 1. The van der Waals surface area contributed by atoms with E-state index in [0.29, 0.717) is 22.3 Å². The highest BCUT2D eigenvalue weighted by atomic mass is 32.2. The van der Waals surface area contributed by atoms with Crippen molar-refractivity contribution in [2.45, 2.75) is 30.8 Å². The Bertz CT molecular complexity index is 1100. The molecule has 0 atom stereocenters. The molecule has 1 aromatic heterocycles. The minimum atomic E-state index is -0.158. The molecule has 1 aliphatic rings. The molecule has 8 heteroatoms. The van der Waals surface area contributed by atoms with Crippen LogP contribution in [0.15, 0.2) is 41.6 Å². The summed E-state index contributed by atoms with van der Waals surface area (Å²) in [6.07, 6.45) is 4.78. The number of hydrogen-bond acceptors (Lipinski definition) is 6. The van der Waals surface area contributed by atoms with Crippen LogP contribution in [-0.2, 0) is 24.7 Å². The highest BCUT2D eigenvalue weighted by Crippen LogP contribution is 2.30. The number of hydrogen-bond donors (Lipinski definition) is 1. The van der Waals surface area contributed by atoms with Crippen LogP contribution in [0.3, 0.4) is 0 Å². The lowest BCUT2D eigenvalue weighted by atomic mass is 9.90. The summed E-state index contributed by atoms with van der Waals surface area (Å²) in [7, 11) is 5.07. The lowest BCUT2D eigenvalue weighted by Gasteiger charge is -2.16. The van der Waals surface area contributed by atoms with E-state index in [1.165, 1.54) is 35.7 Å². The van der Waals surface area contributed by atoms with Gasteiger partial charge in [-0.15, -0.1) is 10.2 Å². The van der Waals surface area contributed by atoms with Gasteiger partial charge in [0.25, 0.3) is 0 Å². The molecule has 0 aliphatic heterocycles. The number of fused-ring (bicyclic) bond motifs is 1. The van der Waals surface area contributed by atoms with E-state index in [4.69, 9.17) is 9.47 Å². The van der Waals surface area contributed by atoms with E-state index in [2.05, 4.69) is 33.7 Å². The number of aromatic nitrogens is 3. The average Bonchev–Trinajstić information content (AvgIpc) is 3.17. The third kappa shape index (κ3) is 4.69. The summed E-state index contributed by atoms with van der Waals surface area (Å²) in [6.45, 7) is 0. The van der Waals surface area contributed by atoms with Crippen LogP contribution in [0.4, 0.5) is 5.69 Å². The smallest absolute Gasteiger partial charge is 0.234 e. The molecule has 1 amide bonds. The fourth-order valence-corrected chi connectivity index (χ4v) is 4.50. The number of aryl methyl sites for hydroxylation is 2. The normalized spacial score (nSPS) is 12.9. The van der Waals surface area contributed by atoms with Gasteiger partial charge >= 0.3 is 0 Å². The Balaban J connectivity index is 1.43. The summed E-state index contributed by atoms with van der Waals surface area (Å²) >= 11 is 1.35. The summed E-state index contributed by atoms with van der Waals surface area (Å²) in [6, 6.07) is 11.8. The Morgan fingerprint density at radius 3 is 2.65 bits per heavy atom. The lowest BCUT2D eigenvalue weighted by Crippen LogP contribution is -2.15. The Labute approximate surface area is 186 Å². The molecule has 162 valence electrons. The molecule has 0 spiro atoms. The Morgan fingerprint density at radius 1 is 1.06 bits per heavy atom. The number of rotatable bonds is 7. The van der Waals surface area contributed by atoms with Crippen molar-refractivity contribution in [1.82, 2.24) is 14.8 Å². The van der Waals surface area contributed by atoms with Crippen molar-refractivity contribution in [2.75, 3.05) is 25.3 Å². The van der Waals surface area contributed by atoms with Crippen molar-refractivity contribution in [3.8, 4) is 22.9 Å². The zero-order valence-electron chi connectivity index (χ0n) is 18.0. The van der Waals surface area contributed by atoms with Gasteiger partial charge in [0.1, 0.15) is 11.5 Å². The maximum Gasteiger partial charge on any atom is 0.234 e. The molecule has 0 saturated carbocycles. The van der Waals surface area contributed by atoms with Gasteiger partial charge in [-0.1, -0.05) is 23.9 Å². The lowest BCUT2D eigenvalue weighted by molar-refractivity contribution is -0.113. The summed E-state index contributed by atoms with van der Waals surface area (Å²) < 4.78 is 12.5. The number of benzene rings is 2. The monoisotopic (exact) mass is 438 g/mol. The molecule has 0 saturated heterocycles. The van der Waals surface area contributed by atoms with Gasteiger partial charge in [-0.3, -0.25) is 4.79 Å². The molecular weight excluding hydrogens is 412 g/mol. The van der Waals surface area contributed by atoms with Gasteiger partial charge in [0.05, 0.1) is 25.7 Å². The number of carbonyl (C=O) groups is 1. The molecule has 0 fully saturated rings. The first-order chi connectivity index (χ1) is 15.1. The minimum absolute atomic E-state index is 0.158. The number of amides is 1.